The summed E-state index contributed by atoms with van der Waals surface area (Å²) in [7, 11) is 4.04. The zero-order valence-electron chi connectivity index (χ0n) is 31.1. The zero-order chi connectivity index (χ0) is 33.8. The summed E-state index contributed by atoms with van der Waals surface area (Å²) in [4.78, 5) is 14.6. The van der Waals surface area contributed by atoms with Crippen molar-refractivity contribution in [1.82, 2.24) is 4.90 Å². The average molecular weight is 644 g/mol. The second-order valence-electron chi connectivity index (χ2n) is 13.5. The fourth-order valence-corrected chi connectivity index (χ4v) is 5.60. The smallest absolute Gasteiger partial charge is 0.306 e. The lowest BCUT2D eigenvalue weighted by Gasteiger charge is -2.23. The van der Waals surface area contributed by atoms with Gasteiger partial charge in [0.05, 0.1) is 6.10 Å². The number of ether oxygens (including phenoxy) is 1. The molecular weight excluding hydrogens is 566 g/mol. The molecule has 46 heavy (non-hydrogen) atoms. The molecule has 0 amide bonds. The van der Waals surface area contributed by atoms with Crippen LogP contribution < -0.4 is 0 Å². The van der Waals surface area contributed by atoms with Gasteiger partial charge in [0.25, 0.3) is 0 Å². The van der Waals surface area contributed by atoms with Crippen molar-refractivity contribution in [2.45, 2.75) is 193 Å². The predicted molar refractivity (Wildman–Crippen MR) is 202 cm³/mol. The fourth-order valence-electron chi connectivity index (χ4n) is 5.60. The summed E-state index contributed by atoms with van der Waals surface area (Å²) >= 11 is 0. The molecule has 0 aliphatic heterocycles. The third-order valence-corrected chi connectivity index (χ3v) is 8.59. The van der Waals surface area contributed by atoms with Gasteiger partial charge < -0.3 is 14.7 Å². The number of carbonyl (C=O) groups is 1. The van der Waals surface area contributed by atoms with Gasteiger partial charge in [0.2, 0.25) is 0 Å². The maximum absolute atomic E-state index is 12.5. The van der Waals surface area contributed by atoms with Crippen LogP contribution in [0, 0.1) is 0 Å². The predicted octanol–water partition coefficient (Wildman–Crippen LogP) is 12.2. The molecule has 0 rings (SSSR count). The van der Waals surface area contributed by atoms with Crippen LogP contribution in [0.5, 0.6) is 0 Å². The molecule has 4 nitrogen and oxygen atoms in total. The van der Waals surface area contributed by atoms with Gasteiger partial charge in [-0.1, -0.05) is 133 Å². The number of aliphatic hydroxyl groups excluding tert-OH is 1. The minimum Gasteiger partial charge on any atom is -0.460 e. The lowest BCUT2D eigenvalue weighted by atomic mass is 9.99. The summed E-state index contributed by atoms with van der Waals surface area (Å²) in [6.07, 6.45) is 46.6. The molecule has 0 radical (unpaired) electrons. The van der Waals surface area contributed by atoms with E-state index in [9.17, 15) is 9.90 Å². The SMILES string of the molecule is CCCCCC=CCC=CCCCCCCCC(O)C(CCCCCCCC=CCC=CCCCCC)OC(=O)CCCN(C)C. The largest absolute Gasteiger partial charge is 0.460 e. The molecular formula is C42H77NO3. The van der Waals surface area contributed by atoms with Crippen molar-refractivity contribution >= 4 is 5.97 Å². The van der Waals surface area contributed by atoms with E-state index >= 15 is 0 Å². The van der Waals surface area contributed by atoms with Gasteiger partial charge >= 0.3 is 5.97 Å². The number of allylic oxidation sites excluding steroid dienone is 8. The molecule has 0 bridgehead atoms. The molecule has 0 spiro atoms. The molecule has 2 unspecified atom stereocenters. The van der Waals surface area contributed by atoms with Crippen molar-refractivity contribution in [2.24, 2.45) is 0 Å². The summed E-state index contributed by atoms with van der Waals surface area (Å²) < 4.78 is 5.85. The van der Waals surface area contributed by atoms with E-state index in [4.69, 9.17) is 4.74 Å². The number of nitrogens with zero attached hydrogens (tertiary/aromatic N) is 1. The van der Waals surface area contributed by atoms with Gasteiger partial charge in [-0.15, -0.1) is 0 Å². The molecule has 0 fully saturated rings. The number of hydrogen-bond acceptors (Lipinski definition) is 4. The second-order valence-corrected chi connectivity index (χ2v) is 13.5. The van der Waals surface area contributed by atoms with E-state index in [2.05, 4.69) is 67.4 Å². The molecule has 4 heteroatoms. The van der Waals surface area contributed by atoms with Gasteiger partial charge in [-0.2, -0.15) is 0 Å². The van der Waals surface area contributed by atoms with Gasteiger partial charge in [0, 0.05) is 6.42 Å². The van der Waals surface area contributed by atoms with Crippen LogP contribution in [0.25, 0.3) is 0 Å². The summed E-state index contributed by atoms with van der Waals surface area (Å²) in [5, 5.41) is 11.0. The van der Waals surface area contributed by atoms with Crippen molar-refractivity contribution < 1.29 is 14.6 Å². The summed E-state index contributed by atoms with van der Waals surface area (Å²) in [5.41, 5.74) is 0. The van der Waals surface area contributed by atoms with Crippen LogP contribution in [0.15, 0.2) is 48.6 Å². The second kappa shape index (κ2) is 36.2. The number of unbranched alkanes of at least 4 members (excludes halogenated alkanes) is 16. The first-order chi connectivity index (χ1) is 22.5. The lowest BCUT2D eigenvalue weighted by molar-refractivity contribution is -0.156. The standard InChI is InChI=1S/C42H77NO3/c1-5-7-9-11-13-15-17-19-21-23-25-27-29-31-33-36-40(44)41(46-42(45)38-35-39-43(3)4)37-34-32-30-28-26-24-22-20-18-16-14-12-10-8-6-2/h13-16,19-22,40-41,44H,5-12,17-18,23-39H2,1-4H3. The normalized spacial score (nSPS) is 13.7. The van der Waals surface area contributed by atoms with E-state index < -0.39 is 6.10 Å². The first kappa shape index (κ1) is 44.4. The number of hydrogen-bond donors (Lipinski definition) is 1. The lowest BCUT2D eigenvalue weighted by Crippen LogP contribution is -2.31. The first-order valence-electron chi connectivity index (χ1n) is 19.6. The monoisotopic (exact) mass is 644 g/mol. The molecule has 0 aromatic rings. The Bertz CT molecular complexity index is 754. The quantitative estimate of drug-likeness (QED) is 0.0430. The molecule has 0 saturated heterocycles. The Kier molecular flexibility index (Phi) is 34.9. The van der Waals surface area contributed by atoms with Crippen LogP contribution >= 0.6 is 0 Å². The molecule has 0 saturated carbocycles. The highest BCUT2D eigenvalue weighted by Gasteiger charge is 2.22. The van der Waals surface area contributed by atoms with Crippen LogP contribution in [0.2, 0.25) is 0 Å². The highest BCUT2D eigenvalue weighted by atomic mass is 16.6. The number of rotatable bonds is 34. The topological polar surface area (TPSA) is 49.8 Å². The minimum atomic E-state index is -0.554. The molecule has 0 aliphatic carbocycles. The fraction of sp³-hybridized carbons (Fsp3) is 0.786. The van der Waals surface area contributed by atoms with Crippen molar-refractivity contribution in [3.63, 3.8) is 0 Å². The van der Waals surface area contributed by atoms with Crippen LogP contribution in [0.3, 0.4) is 0 Å². The third-order valence-electron chi connectivity index (χ3n) is 8.59. The highest BCUT2D eigenvalue weighted by Crippen LogP contribution is 2.19. The maximum atomic E-state index is 12.5. The van der Waals surface area contributed by atoms with Gasteiger partial charge in [-0.05, 0) is 111 Å². The van der Waals surface area contributed by atoms with E-state index in [0.29, 0.717) is 6.42 Å². The van der Waals surface area contributed by atoms with E-state index in [1.165, 1.54) is 89.9 Å². The zero-order valence-corrected chi connectivity index (χ0v) is 31.1. The van der Waals surface area contributed by atoms with Crippen molar-refractivity contribution in [3.8, 4) is 0 Å². The molecule has 0 heterocycles. The van der Waals surface area contributed by atoms with Crippen LogP contribution in [-0.2, 0) is 9.53 Å². The van der Waals surface area contributed by atoms with Gasteiger partial charge in [-0.3, -0.25) is 4.79 Å². The van der Waals surface area contributed by atoms with Gasteiger partial charge in [0.1, 0.15) is 6.10 Å². The van der Waals surface area contributed by atoms with Crippen LogP contribution in [0.4, 0.5) is 0 Å². The van der Waals surface area contributed by atoms with Gasteiger partial charge in [-0.25, -0.2) is 0 Å². The van der Waals surface area contributed by atoms with Crippen LogP contribution in [0.1, 0.15) is 181 Å². The molecule has 0 aromatic heterocycles. The Morgan fingerprint density at radius 3 is 1.43 bits per heavy atom. The molecule has 268 valence electrons. The Morgan fingerprint density at radius 2 is 0.978 bits per heavy atom. The number of esters is 1. The Balaban J connectivity index is 4.18. The molecule has 0 aliphatic rings. The van der Waals surface area contributed by atoms with Crippen molar-refractivity contribution in [3.05, 3.63) is 48.6 Å². The van der Waals surface area contributed by atoms with E-state index in [-0.39, 0.29) is 12.1 Å². The third kappa shape index (κ3) is 33.7. The number of carbonyl (C=O) groups excluding carboxylic acids is 1. The van der Waals surface area contributed by atoms with E-state index in [1.807, 2.05) is 14.1 Å². The molecule has 1 N–H and O–H groups in total. The van der Waals surface area contributed by atoms with Crippen molar-refractivity contribution in [1.29, 1.82) is 0 Å². The van der Waals surface area contributed by atoms with Crippen molar-refractivity contribution in [2.75, 3.05) is 20.6 Å². The summed E-state index contributed by atoms with van der Waals surface area (Å²) in [5.74, 6) is -0.159. The van der Waals surface area contributed by atoms with Gasteiger partial charge in [0.15, 0.2) is 0 Å². The summed E-state index contributed by atoms with van der Waals surface area (Å²) in [6, 6.07) is 0. The van der Waals surface area contributed by atoms with Crippen LogP contribution in [-0.4, -0.2) is 48.8 Å². The minimum absolute atomic E-state index is 0.159. The average Bonchev–Trinajstić information content (AvgIpc) is 3.03. The van der Waals surface area contributed by atoms with E-state index in [1.54, 1.807) is 0 Å². The Hall–Kier alpha value is -1.65. The van der Waals surface area contributed by atoms with E-state index in [0.717, 1.165) is 77.2 Å². The summed E-state index contributed by atoms with van der Waals surface area (Å²) in [6.45, 7) is 5.37. The maximum Gasteiger partial charge on any atom is 0.306 e. The number of aliphatic hydroxyl groups is 1. The highest BCUT2D eigenvalue weighted by molar-refractivity contribution is 5.69. The Morgan fingerprint density at radius 1 is 0.565 bits per heavy atom. The molecule has 2 atom stereocenters. The Labute approximate surface area is 287 Å². The molecule has 0 aromatic carbocycles. The first-order valence-corrected chi connectivity index (χ1v) is 19.6.